The van der Waals surface area contributed by atoms with Gasteiger partial charge < -0.3 is 5.84 Å². The van der Waals surface area contributed by atoms with Crippen LogP contribution in [0.15, 0.2) is 59.7 Å². The Labute approximate surface area is 133 Å². The second-order valence-corrected chi connectivity index (χ2v) is 5.84. The summed E-state index contributed by atoms with van der Waals surface area (Å²) in [5.41, 5.74) is 7.08. The van der Waals surface area contributed by atoms with Gasteiger partial charge in [-0.15, -0.1) is 0 Å². The standard InChI is InChI=1S/C20H24N2/c1-14-5-7-18(8-6-14)15(2)13-16(3)19-9-11-20(12-10-19)17(4)22-21/h5-13,16H,21H2,1-4H3/b15-13+,22-17+/t16-/m0/s1. The van der Waals surface area contributed by atoms with Gasteiger partial charge in [-0.25, -0.2) is 0 Å². The monoisotopic (exact) mass is 292 g/mol. The zero-order valence-electron chi connectivity index (χ0n) is 13.8. The van der Waals surface area contributed by atoms with Crippen molar-refractivity contribution in [1.82, 2.24) is 0 Å². The number of hydrazone groups is 1. The zero-order valence-corrected chi connectivity index (χ0v) is 13.8. The third-order valence-corrected chi connectivity index (χ3v) is 4.05. The molecule has 0 aliphatic heterocycles. The van der Waals surface area contributed by atoms with Crippen LogP contribution >= 0.6 is 0 Å². The molecule has 0 fully saturated rings. The van der Waals surface area contributed by atoms with Crippen molar-refractivity contribution in [1.29, 1.82) is 0 Å². The highest BCUT2D eigenvalue weighted by atomic mass is 15.1. The van der Waals surface area contributed by atoms with E-state index >= 15 is 0 Å². The van der Waals surface area contributed by atoms with Crippen LogP contribution in [0.4, 0.5) is 0 Å². The molecule has 22 heavy (non-hydrogen) atoms. The molecule has 0 heterocycles. The van der Waals surface area contributed by atoms with E-state index in [0.29, 0.717) is 5.92 Å². The number of aryl methyl sites for hydroxylation is 1. The predicted molar refractivity (Wildman–Crippen MR) is 96.1 cm³/mol. The van der Waals surface area contributed by atoms with Crippen molar-refractivity contribution >= 4 is 11.3 Å². The number of hydrogen-bond acceptors (Lipinski definition) is 2. The second kappa shape index (κ2) is 7.08. The van der Waals surface area contributed by atoms with Crippen molar-refractivity contribution in [3.8, 4) is 0 Å². The average molecular weight is 292 g/mol. The van der Waals surface area contributed by atoms with Crippen molar-refractivity contribution in [2.24, 2.45) is 10.9 Å². The van der Waals surface area contributed by atoms with Gasteiger partial charge in [-0.1, -0.05) is 67.1 Å². The van der Waals surface area contributed by atoms with E-state index in [1.54, 1.807) is 0 Å². The second-order valence-electron chi connectivity index (χ2n) is 5.84. The van der Waals surface area contributed by atoms with Gasteiger partial charge in [0.25, 0.3) is 0 Å². The molecular weight excluding hydrogens is 268 g/mol. The van der Waals surface area contributed by atoms with Crippen LogP contribution in [0.25, 0.3) is 5.57 Å². The van der Waals surface area contributed by atoms with E-state index in [1.807, 2.05) is 6.92 Å². The van der Waals surface area contributed by atoms with E-state index in [9.17, 15) is 0 Å². The Balaban J connectivity index is 2.18. The number of hydrogen-bond donors (Lipinski definition) is 1. The van der Waals surface area contributed by atoms with Gasteiger partial charge in [0.15, 0.2) is 0 Å². The summed E-state index contributed by atoms with van der Waals surface area (Å²) in [6.07, 6.45) is 2.31. The molecule has 0 bridgehead atoms. The minimum Gasteiger partial charge on any atom is -0.323 e. The van der Waals surface area contributed by atoms with Crippen molar-refractivity contribution in [2.45, 2.75) is 33.6 Å². The highest BCUT2D eigenvalue weighted by molar-refractivity contribution is 5.98. The molecule has 0 aliphatic rings. The molecular formula is C20H24N2. The van der Waals surface area contributed by atoms with E-state index in [-0.39, 0.29) is 0 Å². The molecule has 0 saturated carbocycles. The molecule has 0 saturated heterocycles. The number of rotatable bonds is 4. The van der Waals surface area contributed by atoms with Crippen LogP contribution in [0.5, 0.6) is 0 Å². The number of nitrogens with zero attached hydrogens (tertiary/aromatic N) is 1. The number of benzene rings is 2. The Morgan fingerprint density at radius 2 is 1.50 bits per heavy atom. The first kappa shape index (κ1) is 16.0. The quantitative estimate of drug-likeness (QED) is 0.486. The largest absolute Gasteiger partial charge is 0.323 e. The van der Waals surface area contributed by atoms with Crippen LogP contribution in [0.2, 0.25) is 0 Å². The van der Waals surface area contributed by atoms with Crippen LogP contribution in [-0.2, 0) is 0 Å². The van der Waals surface area contributed by atoms with Crippen molar-refractivity contribution in [3.63, 3.8) is 0 Å². The minimum absolute atomic E-state index is 0.366. The molecule has 2 nitrogen and oxygen atoms in total. The summed E-state index contributed by atoms with van der Waals surface area (Å²) in [6.45, 7) is 8.41. The first-order valence-corrected chi connectivity index (χ1v) is 7.61. The third-order valence-electron chi connectivity index (χ3n) is 4.05. The fourth-order valence-corrected chi connectivity index (χ4v) is 2.49. The smallest absolute Gasteiger partial charge is 0.0641 e. The van der Waals surface area contributed by atoms with E-state index in [1.165, 1.54) is 22.3 Å². The lowest BCUT2D eigenvalue weighted by Crippen LogP contribution is -1.99. The molecule has 1 atom stereocenters. The van der Waals surface area contributed by atoms with Crippen LogP contribution < -0.4 is 5.84 Å². The zero-order chi connectivity index (χ0) is 16.1. The molecule has 114 valence electrons. The van der Waals surface area contributed by atoms with Gasteiger partial charge in [-0.05, 0) is 49.0 Å². The fourth-order valence-electron chi connectivity index (χ4n) is 2.49. The molecule has 0 spiro atoms. The van der Waals surface area contributed by atoms with Crippen LogP contribution in [0.1, 0.15) is 48.9 Å². The van der Waals surface area contributed by atoms with E-state index in [0.717, 1.165) is 11.3 Å². The van der Waals surface area contributed by atoms with Gasteiger partial charge in [0.05, 0.1) is 5.71 Å². The molecule has 0 radical (unpaired) electrons. The highest BCUT2D eigenvalue weighted by Crippen LogP contribution is 2.23. The Bertz CT molecular complexity index is 677. The Hall–Kier alpha value is -2.35. The van der Waals surface area contributed by atoms with Crippen LogP contribution in [0, 0.1) is 6.92 Å². The van der Waals surface area contributed by atoms with E-state index < -0.39 is 0 Å². The molecule has 2 aromatic rings. The van der Waals surface area contributed by atoms with Crippen LogP contribution in [0.3, 0.4) is 0 Å². The van der Waals surface area contributed by atoms with E-state index in [4.69, 9.17) is 5.84 Å². The van der Waals surface area contributed by atoms with E-state index in [2.05, 4.69) is 80.5 Å². The first-order chi connectivity index (χ1) is 10.5. The maximum atomic E-state index is 5.32. The Morgan fingerprint density at radius 3 is 2.05 bits per heavy atom. The number of allylic oxidation sites excluding steroid dienone is 2. The van der Waals surface area contributed by atoms with Crippen molar-refractivity contribution in [2.75, 3.05) is 0 Å². The summed E-state index contributed by atoms with van der Waals surface area (Å²) < 4.78 is 0. The third kappa shape index (κ3) is 3.85. The molecule has 0 aromatic heterocycles. The Kier molecular flexibility index (Phi) is 5.16. The fraction of sp³-hybridized carbons (Fsp3) is 0.250. The van der Waals surface area contributed by atoms with Crippen molar-refractivity contribution in [3.05, 3.63) is 76.9 Å². The van der Waals surface area contributed by atoms with Gasteiger partial charge in [0.2, 0.25) is 0 Å². The lowest BCUT2D eigenvalue weighted by atomic mass is 9.95. The summed E-state index contributed by atoms with van der Waals surface area (Å²) in [7, 11) is 0. The molecule has 2 N–H and O–H groups in total. The van der Waals surface area contributed by atoms with Crippen molar-refractivity contribution < 1.29 is 0 Å². The highest BCUT2D eigenvalue weighted by Gasteiger charge is 2.05. The molecule has 2 heteroatoms. The molecule has 2 rings (SSSR count). The van der Waals surface area contributed by atoms with Crippen LogP contribution in [-0.4, -0.2) is 5.71 Å². The molecule has 2 aromatic carbocycles. The summed E-state index contributed by atoms with van der Waals surface area (Å²) in [5, 5.41) is 3.73. The Morgan fingerprint density at radius 1 is 0.955 bits per heavy atom. The lowest BCUT2D eigenvalue weighted by molar-refractivity contribution is 0.968. The average Bonchev–Trinajstić information content (AvgIpc) is 2.54. The summed E-state index contributed by atoms with van der Waals surface area (Å²) >= 11 is 0. The van der Waals surface area contributed by atoms with Gasteiger partial charge in [-0.3, -0.25) is 0 Å². The SMILES string of the molecule is C/C(=C\[C@H](C)c1ccc(/C(C)=N/N)cc1)c1ccc(C)cc1. The van der Waals surface area contributed by atoms with Gasteiger partial charge in [0, 0.05) is 0 Å². The predicted octanol–water partition coefficient (Wildman–Crippen LogP) is 4.88. The van der Waals surface area contributed by atoms with Gasteiger partial charge in [0.1, 0.15) is 0 Å². The number of nitrogens with two attached hydrogens (primary N) is 1. The normalized spacial score (nSPS) is 14.0. The minimum atomic E-state index is 0.366. The summed E-state index contributed by atoms with van der Waals surface area (Å²) in [5.74, 6) is 5.69. The van der Waals surface area contributed by atoms with Gasteiger partial charge >= 0.3 is 0 Å². The first-order valence-electron chi connectivity index (χ1n) is 7.61. The van der Waals surface area contributed by atoms with Gasteiger partial charge in [-0.2, -0.15) is 5.10 Å². The topological polar surface area (TPSA) is 38.4 Å². The maximum Gasteiger partial charge on any atom is 0.0641 e. The maximum absolute atomic E-state index is 5.32. The lowest BCUT2D eigenvalue weighted by Gasteiger charge is -2.11. The molecule has 0 unspecified atom stereocenters. The summed E-state index contributed by atoms with van der Waals surface area (Å²) in [4.78, 5) is 0. The molecule has 0 aliphatic carbocycles. The summed E-state index contributed by atoms with van der Waals surface area (Å²) in [6, 6.07) is 17.1. The molecule has 0 amide bonds.